The lowest BCUT2D eigenvalue weighted by Gasteiger charge is -2.09. The molecule has 0 fully saturated rings. The second kappa shape index (κ2) is 6.18. The van der Waals surface area contributed by atoms with Crippen molar-refractivity contribution in [3.8, 4) is 17.0 Å². The van der Waals surface area contributed by atoms with E-state index in [1.54, 1.807) is 31.3 Å². The summed E-state index contributed by atoms with van der Waals surface area (Å²) in [6.07, 6.45) is 3.00. The molecule has 26 heavy (non-hydrogen) atoms. The SMILES string of the molecule is CCOC(=O)c1[nH]c2cc(F)c3ccoc3c2c1-c1cccnc1OC. The molecule has 132 valence electrons. The highest BCUT2D eigenvalue weighted by molar-refractivity contribution is 6.17. The van der Waals surface area contributed by atoms with Gasteiger partial charge in [0.2, 0.25) is 5.88 Å². The van der Waals surface area contributed by atoms with Gasteiger partial charge >= 0.3 is 5.97 Å². The van der Waals surface area contributed by atoms with Gasteiger partial charge in [-0.2, -0.15) is 0 Å². The van der Waals surface area contributed by atoms with E-state index in [2.05, 4.69) is 9.97 Å². The number of benzene rings is 1. The number of aromatic amines is 1. The Kier molecular flexibility index (Phi) is 3.84. The van der Waals surface area contributed by atoms with Gasteiger partial charge in [0.1, 0.15) is 17.1 Å². The summed E-state index contributed by atoms with van der Waals surface area (Å²) in [5.41, 5.74) is 2.04. The number of halogens is 1. The lowest BCUT2D eigenvalue weighted by Crippen LogP contribution is -2.07. The second-order valence-corrected chi connectivity index (χ2v) is 5.60. The fourth-order valence-electron chi connectivity index (χ4n) is 3.13. The van der Waals surface area contributed by atoms with E-state index >= 15 is 0 Å². The van der Waals surface area contributed by atoms with E-state index in [-0.39, 0.29) is 12.3 Å². The van der Waals surface area contributed by atoms with Gasteiger partial charge in [0.05, 0.1) is 36.3 Å². The number of aromatic nitrogens is 2. The van der Waals surface area contributed by atoms with Crippen LogP contribution in [0.1, 0.15) is 17.4 Å². The van der Waals surface area contributed by atoms with E-state index in [4.69, 9.17) is 13.9 Å². The molecule has 1 aromatic carbocycles. The summed E-state index contributed by atoms with van der Waals surface area (Å²) in [5.74, 6) is -0.657. The van der Waals surface area contributed by atoms with Crippen LogP contribution in [0.4, 0.5) is 4.39 Å². The molecule has 7 heteroatoms. The van der Waals surface area contributed by atoms with Gasteiger partial charge < -0.3 is 18.9 Å². The van der Waals surface area contributed by atoms with Crippen LogP contribution in [-0.4, -0.2) is 29.7 Å². The fraction of sp³-hybridized carbons (Fsp3) is 0.158. The zero-order valence-corrected chi connectivity index (χ0v) is 14.1. The van der Waals surface area contributed by atoms with Crippen molar-refractivity contribution in [3.63, 3.8) is 0 Å². The Morgan fingerprint density at radius 1 is 1.38 bits per heavy atom. The van der Waals surface area contributed by atoms with Gasteiger partial charge in [-0.15, -0.1) is 0 Å². The monoisotopic (exact) mass is 354 g/mol. The second-order valence-electron chi connectivity index (χ2n) is 5.60. The molecule has 4 aromatic rings. The Morgan fingerprint density at radius 2 is 2.23 bits per heavy atom. The van der Waals surface area contributed by atoms with Gasteiger partial charge in [0.15, 0.2) is 0 Å². The van der Waals surface area contributed by atoms with Crippen LogP contribution in [0.5, 0.6) is 5.88 Å². The van der Waals surface area contributed by atoms with Gasteiger partial charge in [-0.3, -0.25) is 0 Å². The molecule has 0 aliphatic heterocycles. The number of ether oxygens (including phenoxy) is 2. The molecule has 1 N–H and O–H groups in total. The summed E-state index contributed by atoms with van der Waals surface area (Å²) < 4.78 is 30.4. The smallest absolute Gasteiger partial charge is 0.355 e. The predicted molar refractivity (Wildman–Crippen MR) is 93.8 cm³/mol. The van der Waals surface area contributed by atoms with Crippen molar-refractivity contribution in [2.75, 3.05) is 13.7 Å². The predicted octanol–water partition coefficient (Wildman–Crippen LogP) is 4.30. The van der Waals surface area contributed by atoms with Gasteiger partial charge in [-0.05, 0) is 31.2 Å². The quantitative estimate of drug-likeness (QED) is 0.553. The van der Waals surface area contributed by atoms with Crippen LogP contribution in [0.25, 0.3) is 33.0 Å². The maximum absolute atomic E-state index is 14.4. The average Bonchev–Trinajstić information content (AvgIpc) is 3.26. The number of nitrogens with one attached hydrogen (secondary N) is 1. The molecule has 0 amide bonds. The minimum Gasteiger partial charge on any atom is -0.481 e. The van der Waals surface area contributed by atoms with Crippen LogP contribution in [0.2, 0.25) is 0 Å². The summed E-state index contributed by atoms with van der Waals surface area (Å²) in [4.78, 5) is 19.7. The Labute approximate surface area is 147 Å². The van der Waals surface area contributed by atoms with E-state index in [1.165, 1.54) is 19.4 Å². The molecule has 0 aliphatic carbocycles. The number of carbonyl (C=O) groups excluding carboxylic acids is 1. The summed E-state index contributed by atoms with van der Waals surface area (Å²) in [7, 11) is 1.49. The van der Waals surface area contributed by atoms with Crippen molar-refractivity contribution in [2.24, 2.45) is 0 Å². The Bertz CT molecular complexity index is 1130. The maximum Gasteiger partial charge on any atom is 0.355 e. The Morgan fingerprint density at radius 3 is 3.00 bits per heavy atom. The zero-order chi connectivity index (χ0) is 18.3. The minimum absolute atomic E-state index is 0.191. The van der Waals surface area contributed by atoms with E-state index in [1.807, 2.05) is 0 Å². The maximum atomic E-state index is 14.4. The van der Waals surface area contributed by atoms with Gasteiger partial charge in [0.25, 0.3) is 0 Å². The molecule has 3 heterocycles. The van der Waals surface area contributed by atoms with Crippen LogP contribution in [-0.2, 0) is 4.74 Å². The van der Waals surface area contributed by atoms with Crippen LogP contribution in [0.15, 0.2) is 41.1 Å². The molecule has 0 atom stereocenters. The number of carbonyl (C=O) groups is 1. The third-order valence-corrected chi connectivity index (χ3v) is 4.16. The molecule has 0 spiro atoms. The topological polar surface area (TPSA) is 77.4 Å². The Balaban J connectivity index is 2.15. The Hall–Kier alpha value is -3.35. The molecular formula is C19H15FN2O4. The van der Waals surface area contributed by atoms with E-state index < -0.39 is 11.8 Å². The first-order chi connectivity index (χ1) is 12.7. The normalized spacial score (nSPS) is 11.2. The lowest BCUT2D eigenvalue weighted by atomic mass is 10.0. The van der Waals surface area contributed by atoms with Crippen molar-refractivity contribution in [1.82, 2.24) is 9.97 Å². The van der Waals surface area contributed by atoms with Crippen LogP contribution in [0, 0.1) is 5.82 Å². The van der Waals surface area contributed by atoms with E-state index in [0.717, 1.165) is 0 Å². The zero-order valence-electron chi connectivity index (χ0n) is 14.1. The first-order valence-corrected chi connectivity index (χ1v) is 8.03. The lowest BCUT2D eigenvalue weighted by molar-refractivity contribution is 0.0521. The summed E-state index contributed by atoms with van der Waals surface area (Å²) >= 11 is 0. The third kappa shape index (κ3) is 2.32. The summed E-state index contributed by atoms with van der Waals surface area (Å²) in [5, 5.41) is 0.900. The van der Waals surface area contributed by atoms with Crippen molar-refractivity contribution in [2.45, 2.75) is 6.92 Å². The summed E-state index contributed by atoms with van der Waals surface area (Å²) in [6, 6.07) is 6.39. The number of H-pyrrole nitrogens is 1. The highest BCUT2D eigenvalue weighted by atomic mass is 19.1. The highest BCUT2D eigenvalue weighted by Crippen LogP contribution is 2.41. The number of rotatable bonds is 4. The highest BCUT2D eigenvalue weighted by Gasteiger charge is 2.26. The number of nitrogens with zero attached hydrogens (tertiary/aromatic N) is 1. The van der Waals surface area contributed by atoms with Crippen molar-refractivity contribution >= 4 is 27.8 Å². The largest absolute Gasteiger partial charge is 0.481 e. The van der Waals surface area contributed by atoms with Crippen LogP contribution >= 0.6 is 0 Å². The third-order valence-electron chi connectivity index (χ3n) is 4.16. The van der Waals surface area contributed by atoms with Gasteiger partial charge in [-0.1, -0.05) is 0 Å². The number of hydrogen-bond acceptors (Lipinski definition) is 5. The van der Waals surface area contributed by atoms with Gasteiger partial charge in [-0.25, -0.2) is 14.2 Å². The van der Waals surface area contributed by atoms with E-state index in [0.29, 0.717) is 38.9 Å². The molecule has 0 bridgehead atoms. The molecule has 0 unspecified atom stereocenters. The molecule has 0 saturated heterocycles. The number of esters is 1. The number of hydrogen-bond donors (Lipinski definition) is 1. The standard InChI is InChI=1S/C19H15FN2O4/c1-3-25-19(23)16-14(11-5-4-7-21-18(11)24-2)15-13(22-16)9-12(20)10-6-8-26-17(10)15/h4-9,22H,3H2,1-2H3. The van der Waals surface area contributed by atoms with Gasteiger partial charge in [0, 0.05) is 17.3 Å². The fourth-order valence-corrected chi connectivity index (χ4v) is 3.13. The molecule has 6 nitrogen and oxygen atoms in total. The number of pyridine rings is 1. The molecule has 0 aliphatic rings. The number of methoxy groups -OCH3 is 1. The average molecular weight is 354 g/mol. The first kappa shape index (κ1) is 16.1. The van der Waals surface area contributed by atoms with Crippen molar-refractivity contribution < 1.29 is 23.1 Å². The van der Waals surface area contributed by atoms with Crippen molar-refractivity contribution in [3.05, 3.63) is 48.2 Å². The van der Waals surface area contributed by atoms with Crippen LogP contribution < -0.4 is 4.74 Å². The van der Waals surface area contributed by atoms with E-state index in [9.17, 15) is 9.18 Å². The number of furan rings is 1. The molecule has 3 aromatic heterocycles. The minimum atomic E-state index is -0.551. The molecule has 4 rings (SSSR count). The first-order valence-electron chi connectivity index (χ1n) is 8.03. The number of fused-ring (bicyclic) bond motifs is 3. The molecule has 0 saturated carbocycles. The molecular weight excluding hydrogens is 339 g/mol. The van der Waals surface area contributed by atoms with Crippen LogP contribution in [0.3, 0.4) is 0 Å². The summed E-state index contributed by atoms with van der Waals surface area (Å²) in [6.45, 7) is 1.93. The van der Waals surface area contributed by atoms with Crippen molar-refractivity contribution in [1.29, 1.82) is 0 Å². The molecule has 0 radical (unpaired) electrons.